The molecule has 0 saturated heterocycles. The Bertz CT molecular complexity index is 1030. The molecule has 1 N–H and O–H groups in total. The largest absolute Gasteiger partial charge is 0.507 e. The average molecular weight is 391 g/mol. The summed E-state index contributed by atoms with van der Waals surface area (Å²) in [7, 11) is 3.31. The zero-order valence-electron chi connectivity index (χ0n) is 15.8. The van der Waals surface area contributed by atoms with Crippen LogP contribution in [0.25, 0.3) is 0 Å². The Morgan fingerprint density at radius 3 is 2.50 bits per heavy atom. The lowest BCUT2D eigenvalue weighted by atomic mass is 9.99. The predicted molar refractivity (Wildman–Crippen MR) is 114 cm³/mol. The monoisotopic (exact) mass is 391 g/mol. The minimum atomic E-state index is 0.0621. The van der Waals surface area contributed by atoms with Crippen LogP contribution >= 0.6 is 11.8 Å². The summed E-state index contributed by atoms with van der Waals surface area (Å²) in [6, 6.07) is 21.4. The fraction of sp³-hybridized carbons (Fsp3) is 0.174. The predicted octanol–water partition coefficient (Wildman–Crippen LogP) is 5.77. The van der Waals surface area contributed by atoms with Crippen LogP contribution < -0.4 is 9.47 Å². The van der Waals surface area contributed by atoms with E-state index in [-0.39, 0.29) is 11.0 Å². The van der Waals surface area contributed by atoms with Crippen molar-refractivity contribution in [2.24, 2.45) is 4.99 Å². The number of aliphatic imine (C=N–C) groups is 1. The maximum atomic E-state index is 10.4. The number of para-hydroxylation sites is 3. The fourth-order valence-electron chi connectivity index (χ4n) is 3.44. The molecule has 1 atom stereocenters. The van der Waals surface area contributed by atoms with Gasteiger partial charge in [-0.05, 0) is 30.3 Å². The van der Waals surface area contributed by atoms with Crippen molar-refractivity contribution >= 4 is 23.2 Å². The molecule has 0 bridgehead atoms. The van der Waals surface area contributed by atoms with Gasteiger partial charge in [0.05, 0.1) is 25.6 Å². The third-order valence-corrected chi connectivity index (χ3v) is 6.07. The van der Waals surface area contributed by atoms with Gasteiger partial charge in [-0.15, -0.1) is 11.8 Å². The van der Waals surface area contributed by atoms with Gasteiger partial charge in [0.2, 0.25) is 0 Å². The van der Waals surface area contributed by atoms with Gasteiger partial charge in [0, 0.05) is 27.7 Å². The van der Waals surface area contributed by atoms with Crippen LogP contribution in [0.1, 0.15) is 22.8 Å². The van der Waals surface area contributed by atoms with Gasteiger partial charge in [0.25, 0.3) is 0 Å². The number of benzene rings is 3. The maximum absolute atomic E-state index is 10.4. The summed E-state index contributed by atoms with van der Waals surface area (Å²) in [5.74, 6) is 1.68. The van der Waals surface area contributed by atoms with Crippen molar-refractivity contribution in [3.8, 4) is 17.2 Å². The Kier molecular flexibility index (Phi) is 5.26. The number of methoxy groups -OCH3 is 2. The van der Waals surface area contributed by atoms with Gasteiger partial charge in [0.15, 0.2) is 11.5 Å². The highest BCUT2D eigenvalue weighted by Crippen LogP contribution is 2.49. The lowest BCUT2D eigenvalue weighted by Gasteiger charge is -2.20. The number of hydrogen-bond donors (Lipinski definition) is 1. The van der Waals surface area contributed by atoms with Gasteiger partial charge >= 0.3 is 0 Å². The molecule has 0 amide bonds. The summed E-state index contributed by atoms with van der Waals surface area (Å²) in [4.78, 5) is 6.01. The molecule has 0 aliphatic carbocycles. The van der Waals surface area contributed by atoms with Crippen molar-refractivity contribution < 1.29 is 14.6 Å². The second-order valence-electron chi connectivity index (χ2n) is 6.44. The van der Waals surface area contributed by atoms with Gasteiger partial charge in [-0.2, -0.15) is 0 Å². The maximum Gasteiger partial charge on any atom is 0.165 e. The van der Waals surface area contributed by atoms with Gasteiger partial charge in [-0.3, -0.25) is 4.99 Å². The first kappa shape index (κ1) is 18.4. The Morgan fingerprint density at radius 1 is 0.929 bits per heavy atom. The highest BCUT2D eigenvalue weighted by Gasteiger charge is 2.27. The quantitative estimate of drug-likeness (QED) is 0.614. The smallest absolute Gasteiger partial charge is 0.165 e. The molecule has 0 aromatic heterocycles. The summed E-state index contributed by atoms with van der Waals surface area (Å²) in [6.07, 6.45) is 0.653. The second-order valence-corrected chi connectivity index (χ2v) is 7.68. The number of thioether (sulfide) groups is 1. The first-order chi connectivity index (χ1) is 13.7. The Balaban J connectivity index is 1.86. The minimum Gasteiger partial charge on any atom is -0.507 e. The molecular formula is C23H21NO3S. The van der Waals surface area contributed by atoms with Crippen LogP contribution in [0, 0.1) is 0 Å². The van der Waals surface area contributed by atoms with Crippen molar-refractivity contribution in [3.05, 3.63) is 77.9 Å². The lowest BCUT2D eigenvalue weighted by molar-refractivity contribution is 0.351. The third-order valence-electron chi connectivity index (χ3n) is 4.76. The van der Waals surface area contributed by atoms with E-state index in [0.29, 0.717) is 12.2 Å². The van der Waals surface area contributed by atoms with Crippen molar-refractivity contribution in [1.82, 2.24) is 0 Å². The molecule has 1 aliphatic rings. The molecule has 1 unspecified atom stereocenters. The van der Waals surface area contributed by atoms with E-state index in [1.165, 1.54) is 0 Å². The molecule has 28 heavy (non-hydrogen) atoms. The second kappa shape index (κ2) is 7.98. The van der Waals surface area contributed by atoms with Crippen LogP contribution in [0.2, 0.25) is 0 Å². The van der Waals surface area contributed by atoms with Gasteiger partial charge in [-0.25, -0.2) is 0 Å². The average Bonchev–Trinajstić information content (AvgIpc) is 2.93. The minimum absolute atomic E-state index is 0.0621. The first-order valence-electron chi connectivity index (χ1n) is 9.03. The number of rotatable bonds is 4. The molecule has 0 fully saturated rings. The molecule has 3 aromatic rings. The van der Waals surface area contributed by atoms with Gasteiger partial charge in [0.1, 0.15) is 5.75 Å². The molecule has 1 aliphatic heterocycles. The summed E-state index contributed by atoms with van der Waals surface area (Å²) < 4.78 is 11.2. The van der Waals surface area contributed by atoms with E-state index in [1.807, 2.05) is 48.5 Å². The summed E-state index contributed by atoms with van der Waals surface area (Å²) in [6.45, 7) is 0. The number of hydrogen-bond acceptors (Lipinski definition) is 5. The van der Waals surface area contributed by atoms with E-state index in [1.54, 1.807) is 32.0 Å². The topological polar surface area (TPSA) is 51.0 Å². The molecule has 0 spiro atoms. The molecule has 0 saturated carbocycles. The van der Waals surface area contributed by atoms with E-state index < -0.39 is 0 Å². The number of aromatic hydroxyl groups is 1. The molecule has 4 nitrogen and oxygen atoms in total. The third kappa shape index (κ3) is 3.45. The van der Waals surface area contributed by atoms with Crippen LogP contribution in [-0.4, -0.2) is 25.0 Å². The van der Waals surface area contributed by atoms with Crippen molar-refractivity contribution in [1.29, 1.82) is 0 Å². The highest BCUT2D eigenvalue weighted by atomic mass is 32.2. The zero-order chi connectivity index (χ0) is 19.5. The Morgan fingerprint density at radius 2 is 1.71 bits per heavy atom. The van der Waals surface area contributed by atoms with Crippen molar-refractivity contribution in [2.45, 2.75) is 16.6 Å². The van der Waals surface area contributed by atoms with Crippen molar-refractivity contribution in [3.63, 3.8) is 0 Å². The molecule has 5 heteroatoms. The fourth-order valence-corrected chi connectivity index (χ4v) is 4.69. The molecule has 3 aromatic carbocycles. The summed E-state index contributed by atoms with van der Waals surface area (Å²) in [5, 5.41) is 10.5. The zero-order valence-corrected chi connectivity index (χ0v) is 16.6. The molecule has 0 radical (unpaired) electrons. The molecule has 142 valence electrons. The van der Waals surface area contributed by atoms with Crippen molar-refractivity contribution in [2.75, 3.05) is 14.2 Å². The van der Waals surface area contributed by atoms with E-state index in [0.717, 1.165) is 33.2 Å². The Labute approximate surface area is 168 Å². The van der Waals surface area contributed by atoms with Crippen LogP contribution in [-0.2, 0) is 0 Å². The standard InChI is InChI=1S/C23H21NO3S/c1-26-20-12-7-9-16(23(20)27-2)22-14-18(15-8-3-5-11-19(15)25)24-17-10-4-6-13-21(17)28-22/h3-13,22,25H,14H2,1-2H3. The van der Waals surface area contributed by atoms with Gasteiger partial charge in [-0.1, -0.05) is 36.4 Å². The summed E-state index contributed by atoms with van der Waals surface area (Å²) >= 11 is 1.75. The SMILES string of the molecule is COc1cccc(C2CC(c3ccccc3O)=Nc3ccccc3S2)c1OC. The van der Waals surface area contributed by atoms with Crippen LogP contribution in [0.15, 0.2) is 76.6 Å². The van der Waals surface area contributed by atoms with E-state index in [4.69, 9.17) is 14.5 Å². The van der Waals surface area contributed by atoms with Crippen LogP contribution in [0.4, 0.5) is 5.69 Å². The van der Waals surface area contributed by atoms with Crippen LogP contribution in [0.5, 0.6) is 17.2 Å². The van der Waals surface area contributed by atoms with E-state index >= 15 is 0 Å². The number of phenolic OH excluding ortho intramolecular Hbond substituents is 1. The van der Waals surface area contributed by atoms with E-state index in [9.17, 15) is 5.11 Å². The number of nitrogens with zero attached hydrogens (tertiary/aromatic N) is 1. The lowest BCUT2D eigenvalue weighted by Crippen LogP contribution is -2.07. The van der Waals surface area contributed by atoms with Crippen LogP contribution in [0.3, 0.4) is 0 Å². The molecule has 4 rings (SSSR count). The molecule has 1 heterocycles. The van der Waals surface area contributed by atoms with Gasteiger partial charge < -0.3 is 14.6 Å². The number of ether oxygens (including phenoxy) is 2. The van der Waals surface area contributed by atoms with E-state index in [2.05, 4.69) is 12.1 Å². The molecular weight excluding hydrogens is 370 g/mol. The first-order valence-corrected chi connectivity index (χ1v) is 9.91. The number of fused-ring (bicyclic) bond motifs is 1. The Hall–Kier alpha value is -2.92. The summed E-state index contributed by atoms with van der Waals surface area (Å²) in [5.41, 5.74) is 3.57. The number of phenols is 1. The highest BCUT2D eigenvalue weighted by molar-refractivity contribution is 7.99. The normalized spacial score (nSPS) is 15.9.